The maximum Gasteiger partial charge on any atom is 0.281 e. The van der Waals surface area contributed by atoms with Gasteiger partial charge in [-0.3, -0.25) is 0 Å². The SMILES string of the molecule is C1=CCOC(OC2CCCCO2)=C1. The van der Waals surface area contributed by atoms with Crippen LogP contribution < -0.4 is 0 Å². The van der Waals surface area contributed by atoms with E-state index in [4.69, 9.17) is 14.2 Å². The maximum absolute atomic E-state index is 5.50. The van der Waals surface area contributed by atoms with Gasteiger partial charge >= 0.3 is 0 Å². The highest BCUT2D eigenvalue weighted by molar-refractivity contribution is 5.07. The van der Waals surface area contributed by atoms with Crippen LogP contribution in [0.15, 0.2) is 24.2 Å². The molecule has 3 heteroatoms. The van der Waals surface area contributed by atoms with Gasteiger partial charge in [0.05, 0.1) is 6.61 Å². The fraction of sp³-hybridized carbons (Fsp3) is 0.600. The third-order valence-electron chi connectivity index (χ3n) is 2.08. The molecule has 0 saturated carbocycles. The van der Waals surface area contributed by atoms with Crippen molar-refractivity contribution < 1.29 is 14.2 Å². The average molecular weight is 182 g/mol. The summed E-state index contributed by atoms with van der Waals surface area (Å²) in [5, 5.41) is 0. The fourth-order valence-corrected chi connectivity index (χ4v) is 1.39. The first-order valence-electron chi connectivity index (χ1n) is 4.73. The van der Waals surface area contributed by atoms with Crippen molar-refractivity contribution in [3.8, 4) is 0 Å². The van der Waals surface area contributed by atoms with Crippen LogP contribution >= 0.6 is 0 Å². The Kier molecular flexibility index (Phi) is 2.87. The van der Waals surface area contributed by atoms with Gasteiger partial charge in [-0.25, -0.2) is 0 Å². The lowest BCUT2D eigenvalue weighted by Gasteiger charge is -2.24. The zero-order valence-electron chi connectivity index (χ0n) is 7.57. The highest BCUT2D eigenvalue weighted by atomic mass is 16.8. The van der Waals surface area contributed by atoms with Crippen LogP contribution in [0, 0.1) is 0 Å². The smallest absolute Gasteiger partial charge is 0.281 e. The molecule has 2 aliphatic heterocycles. The van der Waals surface area contributed by atoms with Crippen molar-refractivity contribution in [3.05, 3.63) is 24.2 Å². The third kappa shape index (κ3) is 2.49. The molecule has 2 aliphatic rings. The molecule has 2 rings (SSSR count). The summed E-state index contributed by atoms with van der Waals surface area (Å²) in [5.74, 6) is 0.578. The molecule has 0 N–H and O–H groups in total. The van der Waals surface area contributed by atoms with E-state index in [0.717, 1.165) is 19.4 Å². The van der Waals surface area contributed by atoms with Gasteiger partial charge in [-0.2, -0.15) is 0 Å². The number of hydrogen-bond donors (Lipinski definition) is 0. The van der Waals surface area contributed by atoms with E-state index in [1.54, 1.807) is 0 Å². The molecule has 1 saturated heterocycles. The molecule has 0 amide bonds. The summed E-state index contributed by atoms with van der Waals surface area (Å²) in [4.78, 5) is 0. The minimum absolute atomic E-state index is 0.105. The summed E-state index contributed by atoms with van der Waals surface area (Å²) in [7, 11) is 0. The molecular weight excluding hydrogens is 168 g/mol. The topological polar surface area (TPSA) is 27.7 Å². The zero-order valence-corrected chi connectivity index (χ0v) is 7.57. The standard InChI is InChI=1S/C10H14O3/c1-3-7-11-9(5-1)13-10-6-2-4-8-12-10/h1,3,5,10H,2,4,6-8H2. The Balaban J connectivity index is 1.82. The predicted octanol–water partition coefficient (Wildman–Crippen LogP) is 1.96. The van der Waals surface area contributed by atoms with Gasteiger partial charge in [0.2, 0.25) is 6.29 Å². The molecule has 1 fully saturated rings. The second kappa shape index (κ2) is 4.33. The Morgan fingerprint density at radius 3 is 3.08 bits per heavy atom. The van der Waals surface area contributed by atoms with E-state index in [0.29, 0.717) is 12.6 Å². The molecule has 1 atom stereocenters. The van der Waals surface area contributed by atoms with Crippen LogP contribution in [0.1, 0.15) is 19.3 Å². The zero-order chi connectivity index (χ0) is 8.93. The molecule has 13 heavy (non-hydrogen) atoms. The molecule has 0 bridgehead atoms. The molecule has 0 aromatic rings. The largest absolute Gasteiger partial charge is 0.461 e. The Bertz CT molecular complexity index is 214. The lowest BCUT2D eigenvalue weighted by molar-refractivity contribution is -0.167. The number of rotatable bonds is 2. The first kappa shape index (κ1) is 8.63. The monoisotopic (exact) mass is 182 g/mol. The lowest BCUT2D eigenvalue weighted by Crippen LogP contribution is -2.22. The molecule has 3 nitrogen and oxygen atoms in total. The Hall–Kier alpha value is -0.960. The Morgan fingerprint density at radius 1 is 1.38 bits per heavy atom. The van der Waals surface area contributed by atoms with Crippen molar-refractivity contribution in [3.63, 3.8) is 0 Å². The van der Waals surface area contributed by atoms with Crippen LogP contribution in [0.2, 0.25) is 0 Å². The lowest BCUT2D eigenvalue weighted by atomic mass is 10.2. The molecule has 72 valence electrons. The quantitative estimate of drug-likeness (QED) is 0.653. The molecular formula is C10H14O3. The van der Waals surface area contributed by atoms with Crippen molar-refractivity contribution in [1.82, 2.24) is 0 Å². The minimum Gasteiger partial charge on any atom is -0.461 e. The normalized spacial score (nSPS) is 27.7. The van der Waals surface area contributed by atoms with E-state index >= 15 is 0 Å². The van der Waals surface area contributed by atoms with Crippen LogP contribution in [-0.4, -0.2) is 19.5 Å². The predicted molar refractivity (Wildman–Crippen MR) is 47.9 cm³/mol. The highest BCUT2D eigenvalue weighted by Crippen LogP contribution is 2.18. The fourth-order valence-electron chi connectivity index (χ4n) is 1.39. The molecule has 0 spiro atoms. The van der Waals surface area contributed by atoms with Crippen molar-refractivity contribution in [1.29, 1.82) is 0 Å². The summed E-state index contributed by atoms with van der Waals surface area (Å²) in [5.41, 5.74) is 0. The Morgan fingerprint density at radius 2 is 2.38 bits per heavy atom. The van der Waals surface area contributed by atoms with Gasteiger partial charge in [0.25, 0.3) is 5.95 Å². The van der Waals surface area contributed by atoms with Crippen molar-refractivity contribution in [2.75, 3.05) is 13.2 Å². The molecule has 0 aliphatic carbocycles. The van der Waals surface area contributed by atoms with Crippen molar-refractivity contribution in [2.24, 2.45) is 0 Å². The highest BCUT2D eigenvalue weighted by Gasteiger charge is 2.16. The van der Waals surface area contributed by atoms with E-state index in [1.807, 2.05) is 18.2 Å². The van der Waals surface area contributed by atoms with Crippen LogP contribution in [0.25, 0.3) is 0 Å². The molecule has 0 aromatic carbocycles. The van der Waals surface area contributed by atoms with E-state index in [1.165, 1.54) is 6.42 Å². The van der Waals surface area contributed by atoms with E-state index < -0.39 is 0 Å². The van der Waals surface area contributed by atoms with E-state index in [2.05, 4.69) is 0 Å². The molecule has 2 heterocycles. The van der Waals surface area contributed by atoms with Gasteiger partial charge in [-0.1, -0.05) is 6.08 Å². The second-order valence-corrected chi connectivity index (χ2v) is 3.14. The molecule has 1 unspecified atom stereocenters. The number of allylic oxidation sites excluding steroid dienone is 2. The first-order chi connectivity index (χ1) is 6.45. The molecule has 0 radical (unpaired) electrons. The number of ether oxygens (including phenoxy) is 3. The van der Waals surface area contributed by atoms with Crippen molar-refractivity contribution in [2.45, 2.75) is 25.6 Å². The maximum atomic E-state index is 5.50. The minimum atomic E-state index is -0.105. The van der Waals surface area contributed by atoms with Crippen LogP contribution in [0.4, 0.5) is 0 Å². The summed E-state index contributed by atoms with van der Waals surface area (Å²) in [6.07, 6.45) is 8.86. The van der Waals surface area contributed by atoms with Gasteiger partial charge < -0.3 is 14.2 Å². The summed E-state index contributed by atoms with van der Waals surface area (Å²) < 4.78 is 16.2. The van der Waals surface area contributed by atoms with Crippen LogP contribution in [0.3, 0.4) is 0 Å². The molecule has 0 aromatic heterocycles. The van der Waals surface area contributed by atoms with Crippen molar-refractivity contribution >= 4 is 0 Å². The van der Waals surface area contributed by atoms with Crippen LogP contribution in [0.5, 0.6) is 0 Å². The van der Waals surface area contributed by atoms with Gasteiger partial charge in [-0.05, 0) is 18.9 Å². The van der Waals surface area contributed by atoms with Gasteiger partial charge in [0, 0.05) is 12.5 Å². The summed E-state index contributed by atoms with van der Waals surface area (Å²) >= 11 is 0. The Labute approximate surface area is 78.0 Å². The number of hydrogen-bond acceptors (Lipinski definition) is 3. The second-order valence-electron chi connectivity index (χ2n) is 3.14. The third-order valence-corrected chi connectivity index (χ3v) is 2.08. The van der Waals surface area contributed by atoms with Gasteiger partial charge in [-0.15, -0.1) is 0 Å². The van der Waals surface area contributed by atoms with E-state index in [-0.39, 0.29) is 6.29 Å². The van der Waals surface area contributed by atoms with E-state index in [9.17, 15) is 0 Å². The van der Waals surface area contributed by atoms with Crippen LogP contribution in [-0.2, 0) is 14.2 Å². The van der Waals surface area contributed by atoms with Gasteiger partial charge in [0.1, 0.15) is 6.61 Å². The average Bonchev–Trinajstić information content (AvgIpc) is 2.21. The van der Waals surface area contributed by atoms with Gasteiger partial charge in [0.15, 0.2) is 0 Å². The summed E-state index contributed by atoms with van der Waals surface area (Å²) in [6, 6.07) is 0. The summed E-state index contributed by atoms with van der Waals surface area (Å²) in [6.45, 7) is 1.40. The first-order valence-corrected chi connectivity index (χ1v) is 4.73.